The van der Waals surface area contributed by atoms with Gasteiger partial charge in [-0.15, -0.1) is 0 Å². The van der Waals surface area contributed by atoms with Crippen molar-refractivity contribution in [1.82, 2.24) is 4.98 Å². The van der Waals surface area contributed by atoms with Crippen molar-refractivity contribution in [2.45, 2.75) is 4.90 Å². The van der Waals surface area contributed by atoms with Gasteiger partial charge in [0.2, 0.25) is 0 Å². The van der Waals surface area contributed by atoms with Gasteiger partial charge in [0.15, 0.2) is 16.1 Å². The number of H-pyrrole nitrogens is 1. The standard InChI is InChI=1S/C10H9NO3S/c1-15(13,14)9-3-2-7-4-8(6-12)11-10(7)5-9/h2-6,11H,1H3. The summed E-state index contributed by atoms with van der Waals surface area (Å²) in [7, 11) is -3.20. The fourth-order valence-electron chi connectivity index (χ4n) is 1.42. The van der Waals surface area contributed by atoms with Gasteiger partial charge in [-0.1, -0.05) is 6.07 Å². The molecule has 78 valence electrons. The van der Waals surface area contributed by atoms with Gasteiger partial charge in [-0.05, 0) is 18.2 Å². The summed E-state index contributed by atoms with van der Waals surface area (Å²) in [5.41, 5.74) is 1.09. The van der Waals surface area contributed by atoms with Gasteiger partial charge in [-0.2, -0.15) is 0 Å². The first-order valence-electron chi connectivity index (χ1n) is 4.29. The van der Waals surface area contributed by atoms with Crippen molar-refractivity contribution in [3.8, 4) is 0 Å². The van der Waals surface area contributed by atoms with Gasteiger partial charge in [0, 0.05) is 17.2 Å². The van der Waals surface area contributed by atoms with Crippen LogP contribution < -0.4 is 0 Å². The molecule has 2 rings (SSSR count). The zero-order valence-electron chi connectivity index (χ0n) is 8.02. The Balaban J connectivity index is 2.71. The minimum atomic E-state index is -3.20. The molecule has 0 spiro atoms. The number of aromatic nitrogens is 1. The zero-order chi connectivity index (χ0) is 11.1. The van der Waals surface area contributed by atoms with Crippen molar-refractivity contribution in [3.05, 3.63) is 30.0 Å². The molecule has 4 nitrogen and oxygen atoms in total. The Hall–Kier alpha value is -1.62. The van der Waals surface area contributed by atoms with E-state index >= 15 is 0 Å². The molecule has 15 heavy (non-hydrogen) atoms. The molecule has 0 bridgehead atoms. The Labute approximate surface area is 86.8 Å². The minimum absolute atomic E-state index is 0.245. The Morgan fingerprint density at radius 2 is 2.00 bits per heavy atom. The predicted molar refractivity (Wildman–Crippen MR) is 56.8 cm³/mol. The predicted octanol–water partition coefficient (Wildman–Crippen LogP) is 1.38. The smallest absolute Gasteiger partial charge is 0.175 e. The number of rotatable bonds is 2. The summed E-state index contributed by atoms with van der Waals surface area (Å²) in [6, 6.07) is 6.40. The van der Waals surface area contributed by atoms with Crippen LogP contribution in [0.3, 0.4) is 0 Å². The third-order valence-corrected chi connectivity index (χ3v) is 3.28. The van der Waals surface area contributed by atoms with Crippen molar-refractivity contribution in [3.63, 3.8) is 0 Å². The average Bonchev–Trinajstić information content (AvgIpc) is 2.57. The van der Waals surface area contributed by atoms with Crippen LogP contribution in [-0.2, 0) is 9.84 Å². The van der Waals surface area contributed by atoms with Gasteiger partial charge in [-0.3, -0.25) is 4.79 Å². The van der Waals surface area contributed by atoms with E-state index in [0.29, 0.717) is 17.5 Å². The van der Waals surface area contributed by atoms with E-state index in [1.165, 1.54) is 12.1 Å². The molecule has 0 aliphatic heterocycles. The van der Waals surface area contributed by atoms with E-state index in [9.17, 15) is 13.2 Å². The number of sulfone groups is 1. The Morgan fingerprint density at radius 3 is 2.60 bits per heavy atom. The fraction of sp³-hybridized carbons (Fsp3) is 0.100. The minimum Gasteiger partial charge on any atom is -0.352 e. The van der Waals surface area contributed by atoms with Crippen LogP contribution in [0.25, 0.3) is 10.9 Å². The lowest BCUT2D eigenvalue weighted by Gasteiger charge is -1.97. The lowest BCUT2D eigenvalue weighted by molar-refractivity contribution is 0.112. The van der Waals surface area contributed by atoms with Crippen molar-refractivity contribution in [2.75, 3.05) is 6.26 Å². The van der Waals surface area contributed by atoms with E-state index < -0.39 is 9.84 Å². The van der Waals surface area contributed by atoms with Crippen LogP contribution in [0.15, 0.2) is 29.2 Å². The molecular formula is C10H9NO3S. The number of hydrogen-bond donors (Lipinski definition) is 1. The highest BCUT2D eigenvalue weighted by Crippen LogP contribution is 2.19. The third-order valence-electron chi connectivity index (χ3n) is 2.17. The topological polar surface area (TPSA) is 67.0 Å². The van der Waals surface area contributed by atoms with Crippen LogP contribution in [-0.4, -0.2) is 25.9 Å². The van der Waals surface area contributed by atoms with Gasteiger partial charge in [0.05, 0.1) is 10.6 Å². The zero-order valence-corrected chi connectivity index (χ0v) is 8.84. The number of fused-ring (bicyclic) bond motifs is 1. The van der Waals surface area contributed by atoms with Crippen molar-refractivity contribution in [2.24, 2.45) is 0 Å². The van der Waals surface area contributed by atoms with E-state index in [1.807, 2.05) is 0 Å². The molecule has 1 heterocycles. The molecule has 0 aliphatic rings. The highest BCUT2D eigenvalue weighted by Gasteiger charge is 2.08. The van der Waals surface area contributed by atoms with E-state index in [0.717, 1.165) is 11.6 Å². The van der Waals surface area contributed by atoms with E-state index in [-0.39, 0.29) is 4.90 Å². The SMILES string of the molecule is CS(=O)(=O)c1ccc2cc(C=O)[nH]c2c1. The molecule has 2 aromatic rings. The molecule has 0 atom stereocenters. The number of carbonyl (C=O) groups excluding carboxylic acids is 1. The molecule has 0 aliphatic carbocycles. The first-order chi connectivity index (χ1) is 7.00. The second-order valence-corrected chi connectivity index (χ2v) is 5.38. The van der Waals surface area contributed by atoms with Gasteiger partial charge >= 0.3 is 0 Å². The summed E-state index contributed by atoms with van der Waals surface area (Å²) in [6.07, 6.45) is 1.85. The monoisotopic (exact) mass is 223 g/mol. The summed E-state index contributed by atoms with van der Waals surface area (Å²) < 4.78 is 22.5. The maximum Gasteiger partial charge on any atom is 0.175 e. The molecular weight excluding hydrogens is 214 g/mol. The Bertz CT molecular complexity index is 625. The van der Waals surface area contributed by atoms with Crippen LogP contribution in [0.2, 0.25) is 0 Å². The summed E-state index contributed by atoms with van der Waals surface area (Å²) in [5, 5.41) is 0.824. The summed E-state index contributed by atoms with van der Waals surface area (Å²) in [6.45, 7) is 0. The third kappa shape index (κ3) is 1.78. The summed E-state index contributed by atoms with van der Waals surface area (Å²) in [4.78, 5) is 13.6. The van der Waals surface area contributed by atoms with Crippen LogP contribution >= 0.6 is 0 Å². The lowest BCUT2D eigenvalue weighted by Crippen LogP contribution is -1.96. The van der Waals surface area contributed by atoms with Crippen LogP contribution in [0.5, 0.6) is 0 Å². The molecule has 1 aromatic carbocycles. The summed E-state index contributed by atoms with van der Waals surface area (Å²) >= 11 is 0. The molecule has 1 aromatic heterocycles. The largest absolute Gasteiger partial charge is 0.352 e. The second-order valence-electron chi connectivity index (χ2n) is 3.36. The fourth-order valence-corrected chi connectivity index (χ4v) is 2.07. The molecule has 1 N–H and O–H groups in total. The quantitative estimate of drug-likeness (QED) is 0.782. The normalized spacial score (nSPS) is 11.8. The molecule has 0 unspecified atom stereocenters. The van der Waals surface area contributed by atoms with Crippen molar-refractivity contribution < 1.29 is 13.2 Å². The maximum atomic E-state index is 11.3. The van der Waals surface area contributed by atoms with Crippen LogP contribution in [0.1, 0.15) is 10.5 Å². The molecule has 0 saturated heterocycles. The molecule has 0 amide bonds. The highest BCUT2D eigenvalue weighted by atomic mass is 32.2. The first-order valence-corrected chi connectivity index (χ1v) is 6.18. The number of nitrogens with one attached hydrogen (secondary N) is 1. The van der Waals surface area contributed by atoms with Gasteiger partial charge in [0.1, 0.15) is 0 Å². The number of carbonyl (C=O) groups is 1. The summed E-state index contributed by atoms with van der Waals surface area (Å²) in [5.74, 6) is 0. The van der Waals surface area contributed by atoms with Crippen molar-refractivity contribution >= 4 is 27.0 Å². The Morgan fingerprint density at radius 1 is 1.27 bits per heavy atom. The molecule has 0 saturated carbocycles. The lowest BCUT2D eigenvalue weighted by atomic mass is 10.2. The van der Waals surface area contributed by atoms with Gasteiger partial charge in [-0.25, -0.2) is 8.42 Å². The number of aldehydes is 1. The van der Waals surface area contributed by atoms with E-state index in [1.54, 1.807) is 12.1 Å². The molecule has 0 radical (unpaired) electrons. The van der Waals surface area contributed by atoms with Crippen LogP contribution in [0, 0.1) is 0 Å². The van der Waals surface area contributed by atoms with Gasteiger partial charge < -0.3 is 4.98 Å². The number of aromatic amines is 1. The number of hydrogen-bond acceptors (Lipinski definition) is 3. The van der Waals surface area contributed by atoms with E-state index in [2.05, 4.69) is 4.98 Å². The first kappa shape index (κ1) is 9.92. The number of benzene rings is 1. The van der Waals surface area contributed by atoms with Crippen LogP contribution in [0.4, 0.5) is 0 Å². The average molecular weight is 223 g/mol. The maximum absolute atomic E-state index is 11.3. The Kier molecular flexibility index (Phi) is 2.12. The molecule has 0 fully saturated rings. The van der Waals surface area contributed by atoms with E-state index in [4.69, 9.17) is 0 Å². The van der Waals surface area contributed by atoms with Gasteiger partial charge in [0.25, 0.3) is 0 Å². The van der Waals surface area contributed by atoms with Crippen molar-refractivity contribution in [1.29, 1.82) is 0 Å². The second kappa shape index (κ2) is 3.20. The highest BCUT2D eigenvalue weighted by molar-refractivity contribution is 7.90. The molecule has 5 heteroatoms.